The van der Waals surface area contributed by atoms with Gasteiger partial charge in [-0.3, -0.25) is 0 Å². The van der Waals surface area contributed by atoms with Crippen LogP contribution < -0.4 is 4.74 Å². The van der Waals surface area contributed by atoms with Gasteiger partial charge in [0.25, 0.3) is 0 Å². The first-order valence-electron chi connectivity index (χ1n) is 5.79. The molecule has 0 spiro atoms. The first kappa shape index (κ1) is 13.3. The zero-order valence-corrected chi connectivity index (χ0v) is 10.6. The van der Waals surface area contributed by atoms with Gasteiger partial charge in [-0.2, -0.15) is 0 Å². The summed E-state index contributed by atoms with van der Waals surface area (Å²) in [5.41, 5.74) is 0. The highest BCUT2D eigenvalue weighted by molar-refractivity contribution is 6.32. The Bertz CT molecular complexity index is 322. The summed E-state index contributed by atoms with van der Waals surface area (Å²) in [5.74, 6) is 0.245. The minimum absolute atomic E-state index is 0.179. The highest BCUT2D eigenvalue weighted by Gasteiger charge is 2.11. The first-order chi connectivity index (χ1) is 7.67. The zero-order chi connectivity index (χ0) is 12.0. The first-order valence-corrected chi connectivity index (χ1v) is 6.16. The Balaban J connectivity index is 2.68. The molecule has 1 aromatic carbocycles. The molecule has 3 heteroatoms. The van der Waals surface area contributed by atoms with E-state index in [2.05, 4.69) is 13.8 Å². The van der Waals surface area contributed by atoms with Gasteiger partial charge in [0.15, 0.2) is 0 Å². The Labute approximate surface area is 102 Å². The Kier molecular flexibility index (Phi) is 5.61. The summed E-state index contributed by atoms with van der Waals surface area (Å²) in [4.78, 5) is 0. The number of ether oxygens (including phenoxy) is 1. The zero-order valence-electron chi connectivity index (χ0n) is 9.80. The molecule has 1 nitrogen and oxygen atoms in total. The summed E-state index contributed by atoms with van der Waals surface area (Å²) >= 11 is 5.91. The van der Waals surface area contributed by atoms with Crippen molar-refractivity contribution < 1.29 is 9.13 Å². The van der Waals surface area contributed by atoms with Crippen molar-refractivity contribution in [3.63, 3.8) is 0 Å². The van der Waals surface area contributed by atoms with E-state index in [0.717, 1.165) is 25.7 Å². The van der Waals surface area contributed by atoms with E-state index in [9.17, 15) is 4.39 Å². The van der Waals surface area contributed by atoms with Crippen molar-refractivity contribution in [1.82, 2.24) is 0 Å². The SMILES string of the molecule is CCCC(CCC)Oc1ccc(F)cc1Cl. The quantitative estimate of drug-likeness (QED) is 0.697. The highest BCUT2D eigenvalue weighted by Crippen LogP contribution is 2.27. The van der Waals surface area contributed by atoms with Crippen molar-refractivity contribution in [3.8, 4) is 5.75 Å². The Morgan fingerprint density at radius 3 is 2.38 bits per heavy atom. The number of rotatable bonds is 6. The molecule has 0 saturated carbocycles. The van der Waals surface area contributed by atoms with E-state index >= 15 is 0 Å². The molecule has 0 aliphatic rings. The third-order valence-corrected chi connectivity index (χ3v) is 2.70. The summed E-state index contributed by atoms with van der Waals surface area (Å²) < 4.78 is 18.6. The Morgan fingerprint density at radius 2 is 1.88 bits per heavy atom. The Morgan fingerprint density at radius 1 is 1.25 bits per heavy atom. The van der Waals surface area contributed by atoms with Gasteiger partial charge in [0.1, 0.15) is 11.6 Å². The van der Waals surface area contributed by atoms with Gasteiger partial charge >= 0.3 is 0 Å². The third-order valence-electron chi connectivity index (χ3n) is 2.41. The summed E-state index contributed by atoms with van der Waals surface area (Å²) in [6, 6.07) is 4.25. The van der Waals surface area contributed by atoms with Crippen LogP contribution in [-0.4, -0.2) is 6.10 Å². The highest BCUT2D eigenvalue weighted by atomic mass is 35.5. The number of benzene rings is 1. The van der Waals surface area contributed by atoms with Crippen LogP contribution in [0.3, 0.4) is 0 Å². The lowest BCUT2D eigenvalue weighted by Gasteiger charge is -2.18. The summed E-state index contributed by atoms with van der Waals surface area (Å²) in [6.45, 7) is 4.25. The second-order valence-electron chi connectivity index (χ2n) is 3.89. The molecular formula is C13H18ClFO. The molecule has 1 rings (SSSR count). The number of hydrogen-bond donors (Lipinski definition) is 0. The summed E-state index contributed by atoms with van der Waals surface area (Å²) in [7, 11) is 0. The molecule has 0 atom stereocenters. The minimum atomic E-state index is -0.333. The van der Waals surface area contributed by atoms with Crippen LogP contribution in [-0.2, 0) is 0 Å². The van der Waals surface area contributed by atoms with Crippen LogP contribution in [0.1, 0.15) is 39.5 Å². The van der Waals surface area contributed by atoms with Crippen LogP contribution in [0.15, 0.2) is 18.2 Å². The van der Waals surface area contributed by atoms with Crippen molar-refractivity contribution in [3.05, 3.63) is 29.0 Å². The molecule has 16 heavy (non-hydrogen) atoms. The van der Waals surface area contributed by atoms with Crippen LogP contribution in [0.2, 0.25) is 5.02 Å². The molecule has 0 aliphatic carbocycles. The molecule has 0 radical (unpaired) electrons. The van der Waals surface area contributed by atoms with E-state index < -0.39 is 0 Å². The van der Waals surface area contributed by atoms with Gasteiger partial charge < -0.3 is 4.74 Å². The smallest absolute Gasteiger partial charge is 0.138 e. The van der Waals surface area contributed by atoms with Gasteiger partial charge in [0, 0.05) is 0 Å². The van der Waals surface area contributed by atoms with E-state index in [1.807, 2.05) is 0 Å². The molecule has 0 unspecified atom stereocenters. The molecule has 0 saturated heterocycles. The van der Waals surface area contributed by atoms with Gasteiger partial charge in [0.2, 0.25) is 0 Å². The van der Waals surface area contributed by atoms with Crippen LogP contribution >= 0.6 is 11.6 Å². The molecule has 0 N–H and O–H groups in total. The monoisotopic (exact) mass is 244 g/mol. The van der Waals surface area contributed by atoms with E-state index in [4.69, 9.17) is 16.3 Å². The van der Waals surface area contributed by atoms with E-state index in [1.165, 1.54) is 12.1 Å². The Hall–Kier alpha value is -0.760. The second-order valence-corrected chi connectivity index (χ2v) is 4.30. The predicted octanol–water partition coefficient (Wildman–Crippen LogP) is 4.83. The molecule has 1 aromatic rings. The lowest BCUT2D eigenvalue weighted by Crippen LogP contribution is -2.16. The number of halogens is 2. The fraction of sp³-hybridized carbons (Fsp3) is 0.538. The average Bonchev–Trinajstić information content (AvgIpc) is 2.23. The second kappa shape index (κ2) is 6.74. The van der Waals surface area contributed by atoms with Crippen molar-refractivity contribution >= 4 is 11.6 Å². The van der Waals surface area contributed by atoms with Gasteiger partial charge in [-0.15, -0.1) is 0 Å². The lowest BCUT2D eigenvalue weighted by atomic mass is 10.1. The number of hydrogen-bond acceptors (Lipinski definition) is 1. The maximum Gasteiger partial charge on any atom is 0.138 e. The molecule has 0 heterocycles. The fourth-order valence-electron chi connectivity index (χ4n) is 1.66. The average molecular weight is 245 g/mol. The van der Waals surface area contributed by atoms with Crippen LogP contribution in [0, 0.1) is 5.82 Å². The largest absolute Gasteiger partial charge is 0.489 e. The molecular weight excluding hydrogens is 227 g/mol. The van der Waals surface area contributed by atoms with E-state index in [1.54, 1.807) is 6.07 Å². The molecule has 0 aliphatic heterocycles. The standard InChI is InChI=1S/C13H18ClFO/c1-3-5-11(6-4-2)16-13-8-7-10(15)9-12(13)14/h7-9,11H,3-6H2,1-2H3. The fourth-order valence-corrected chi connectivity index (χ4v) is 1.87. The molecule has 0 amide bonds. The van der Waals surface area contributed by atoms with Crippen molar-refractivity contribution in [2.24, 2.45) is 0 Å². The lowest BCUT2D eigenvalue weighted by molar-refractivity contribution is 0.179. The van der Waals surface area contributed by atoms with Crippen molar-refractivity contribution in [2.75, 3.05) is 0 Å². The van der Waals surface area contributed by atoms with Gasteiger partial charge in [-0.1, -0.05) is 38.3 Å². The molecule has 0 aromatic heterocycles. The molecule has 90 valence electrons. The molecule has 0 bridgehead atoms. The maximum atomic E-state index is 12.8. The summed E-state index contributed by atoms with van der Waals surface area (Å²) in [5, 5.41) is 0.345. The van der Waals surface area contributed by atoms with Gasteiger partial charge in [-0.05, 0) is 31.0 Å². The van der Waals surface area contributed by atoms with Crippen molar-refractivity contribution in [2.45, 2.75) is 45.6 Å². The third kappa shape index (κ3) is 4.01. The predicted molar refractivity (Wildman–Crippen MR) is 65.6 cm³/mol. The minimum Gasteiger partial charge on any atom is -0.489 e. The van der Waals surface area contributed by atoms with Crippen molar-refractivity contribution in [1.29, 1.82) is 0 Å². The van der Waals surface area contributed by atoms with Crippen LogP contribution in [0.25, 0.3) is 0 Å². The van der Waals surface area contributed by atoms with E-state index in [0.29, 0.717) is 10.8 Å². The van der Waals surface area contributed by atoms with Crippen LogP contribution in [0.5, 0.6) is 5.75 Å². The maximum absolute atomic E-state index is 12.8. The van der Waals surface area contributed by atoms with E-state index in [-0.39, 0.29) is 11.9 Å². The topological polar surface area (TPSA) is 9.23 Å². The molecule has 0 fully saturated rings. The normalized spacial score (nSPS) is 10.8. The van der Waals surface area contributed by atoms with Gasteiger partial charge in [-0.25, -0.2) is 4.39 Å². The van der Waals surface area contributed by atoms with Gasteiger partial charge in [0.05, 0.1) is 11.1 Å². The summed E-state index contributed by atoms with van der Waals surface area (Å²) in [6.07, 6.45) is 4.33. The van der Waals surface area contributed by atoms with Crippen LogP contribution in [0.4, 0.5) is 4.39 Å².